The van der Waals surface area contributed by atoms with Crippen LogP contribution in [0.4, 0.5) is 0 Å². The number of allylic oxidation sites excluding steroid dienone is 1. The van der Waals surface area contributed by atoms with Crippen LogP contribution in [0.25, 0.3) is 29.2 Å². The van der Waals surface area contributed by atoms with Gasteiger partial charge in [0.25, 0.3) is 0 Å². The van der Waals surface area contributed by atoms with Crippen molar-refractivity contribution in [2.45, 2.75) is 13.5 Å². The summed E-state index contributed by atoms with van der Waals surface area (Å²) in [7, 11) is 0. The summed E-state index contributed by atoms with van der Waals surface area (Å²) in [5, 5.41) is 0.698. The first-order valence-corrected chi connectivity index (χ1v) is 10.5. The fourth-order valence-corrected chi connectivity index (χ4v) is 3.74. The van der Waals surface area contributed by atoms with E-state index in [1.165, 1.54) is 0 Å². The van der Waals surface area contributed by atoms with Gasteiger partial charge in [0.1, 0.15) is 5.82 Å². The van der Waals surface area contributed by atoms with Crippen molar-refractivity contribution < 1.29 is 4.74 Å². The number of morpholine rings is 1. The highest BCUT2D eigenvalue weighted by molar-refractivity contribution is 6.30. The average molecular weight is 421 g/mol. The number of imidazole rings is 1. The zero-order valence-corrected chi connectivity index (χ0v) is 17.8. The molecule has 5 nitrogen and oxygen atoms in total. The number of pyridine rings is 1. The Hall–Kier alpha value is -2.73. The molecule has 4 rings (SSSR count). The summed E-state index contributed by atoms with van der Waals surface area (Å²) >= 11 is 6.10. The summed E-state index contributed by atoms with van der Waals surface area (Å²) in [6.45, 7) is 10.3. The third-order valence-corrected chi connectivity index (χ3v) is 5.37. The van der Waals surface area contributed by atoms with E-state index in [9.17, 15) is 0 Å². The maximum atomic E-state index is 6.10. The van der Waals surface area contributed by atoms with Crippen LogP contribution in [-0.2, 0) is 11.3 Å². The van der Waals surface area contributed by atoms with Crippen molar-refractivity contribution in [2.24, 2.45) is 0 Å². The van der Waals surface area contributed by atoms with E-state index in [-0.39, 0.29) is 0 Å². The zero-order valence-electron chi connectivity index (χ0n) is 17.1. The normalized spacial score (nSPS) is 15.0. The standard InChI is InChI=1S/C24H25ClN4O/c1-3-5-22-23(4-2)29(21-10-7-19(25)8-11-21)24(27-22)18-6-9-20(26-16-18)17-28-12-14-30-15-13-28/h3-11,16H,2,12-15,17H2,1H3/b5-3-. The maximum Gasteiger partial charge on any atom is 0.147 e. The quantitative estimate of drug-likeness (QED) is 0.556. The number of aromatic nitrogens is 3. The first kappa shape index (κ1) is 20.5. The Bertz CT molecular complexity index is 1030. The topological polar surface area (TPSA) is 43.2 Å². The van der Waals surface area contributed by atoms with Gasteiger partial charge in [0.15, 0.2) is 0 Å². The highest BCUT2D eigenvalue weighted by Crippen LogP contribution is 2.29. The zero-order chi connectivity index (χ0) is 20.9. The van der Waals surface area contributed by atoms with Crippen molar-refractivity contribution >= 4 is 23.8 Å². The molecule has 3 aromatic rings. The van der Waals surface area contributed by atoms with Crippen LogP contribution in [0.2, 0.25) is 5.02 Å². The molecule has 154 valence electrons. The van der Waals surface area contributed by atoms with Gasteiger partial charge in [0.2, 0.25) is 0 Å². The molecule has 0 amide bonds. The van der Waals surface area contributed by atoms with Crippen LogP contribution in [-0.4, -0.2) is 45.7 Å². The Morgan fingerprint density at radius 3 is 2.53 bits per heavy atom. The number of hydrogen-bond donors (Lipinski definition) is 0. The van der Waals surface area contributed by atoms with Gasteiger partial charge in [-0.05, 0) is 55.5 Å². The van der Waals surface area contributed by atoms with Crippen molar-refractivity contribution in [3.63, 3.8) is 0 Å². The molecule has 0 unspecified atom stereocenters. The van der Waals surface area contributed by atoms with Crippen LogP contribution in [0.1, 0.15) is 24.0 Å². The highest BCUT2D eigenvalue weighted by Gasteiger charge is 2.17. The van der Waals surface area contributed by atoms with Crippen LogP contribution in [0.3, 0.4) is 0 Å². The molecule has 1 aliphatic heterocycles. The van der Waals surface area contributed by atoms with Gasteiger partial charge >= 0.3 is 0 Å². The maximum absolute atomic E-state index is 6.10. The summed E-state index contributed by atoms with van der Waals surface area (Å²) in [6.07, 6.45) is 7.71. The lowest BCUT2D eigenvalue weighted by atomic mass is 10.2. The van der Waals surface area contributed by atoms with Gasteiger partial charge in [0.05, 0.1) is 30.3 Å². The smallest absolute Gasteiger partial charge is 0.147 e. The molecule has 0 spiro atoms. The second kappa shape index (κ2) is 9.39. The highest BCUT2D eigenvalue weighted by atomic mass is 35.5. The summed E-state index contributed by atoms with van der Waals surface area (Å²) in [6, 6.07) is 11.9. The Morgan fingerprint density at radius 2 is 1.90 bits per heavy atom. The lowest BCUT2D eigenvalue weighted by molar-refractivity contribution is 0.0336. The number of rotatable bonds is 6. The van der Waals surface area contributed by atoms with Crippen molar-refractivity contribution in [1.29, 1.82) is 0 Å². The monoisotopic (exact) mass is 420 g/mol. The second-order valence-corrected chi connectivity index (χ2v) is 7.59. The van der Waals surface area contributed by atoms with E-state index in [4.69, 9.17) is 26.3 Å². The van der Waals surface area contributed by atoms with Crippen LogP contribution >= 0.6 is 11.6 Å². The molecule has 0 N–H and O–H groups in total. The fourth-order valence-electron chi connectivity index (χ4n) is 3.61. The second-order valence-electron chi connectivity index (χ2n) is 7.15. The Balaban J connectivity index is 1.72. The molecule has 1 fully saturated rings. The van der Waals surface area contributed by atoms with Crippen molar-refractivity contribution in [2.75, 3.05) is 26.3 Å². The van der Waals surface area contributed by atoms with Crippen LogP contribution in [0.5, 0.6) is 0 Å². The van der Waals surface area contributed by atoms with Crippen LogP contribution in [0, 0.1) is 0 Å². The van der Waals surface area contributed by atoms with Crippen molar-refractivity contribution in [1.82, 2.24) is 19.4 Å². The van der Waals surface area contributed by atoms with E-state index in [0.29, 0.717) is 5.02 Å². The third-order valence-electron chi connectivity index (χ3n) is 5.12. The first-order chi connectivity index (χ1) is 14.7. The van der Waals surface area contributed by atoms with Crippen LogP contribution < -0.4 is 0 Å². The number of nitrogens with zero attached hydrogens (tertiary/aromatic N) is 4. The summed E-state index contributed by atoms with van der Waals surface area (Å²) < 4.78 is 7.52. The Kier molecular flexibility index (Phi) is 6.43. The third kappa shape index (κ3) is 4.38. The summed E-state index contributed by atoms with van der Waals surface area (Å²) in [5.74, 6) is 0.825. The van der Waals surface area contributed by atoms with E-state index < -0.39 is 0 Å². The molecular formula is C24H25ClN4O. The largest absolute Gasteiger partial charge is 0.379 e. The Morgan fingerprint density at radius 1 is 1.13 bits per heavy atom. The molecule has 1 aliphatic rings. The molecular weight excluding hydrogens is 396 g/mol. The van der Waals surface area contributed by atoms with E-state index in [2.05, 4.69) is 28.2 Å². The van der Waals surface area contributed by atoms with Gasteiger partial charge in [-0.15, -0.1) is 0 Å². The van der Waals surface area contributed by atoms with E-state index in [0.717, 1.165) is 67.0 Å². The van der Waals surface area contributed by atoms with Gasteiger partial charge in [-0.3, -0.25) is 14.5 Å². The number of ether oxygens (including phenoxy) is 1. The lowest BCUT2D eigenvalue weighted by Gasteiger charge is -2.26. The minimum absolute atomic E-state index is 0.698. The molecule has 2 aromatic heterocycles. The van der Waals surface area contributed by atoms with Gasteiger partial charge in [-0.25, -0.2) is 4.98 Å². The molecule has 30 heavy (non-hydrogen) atoms. The van der Waals surface area contributed by atoms with Crippen molar-refractivity contribution in [3.8, 4) is 17.1 Å². The van der Waals surface area contributed by atoms with E-state index >= 15 is 0 Å². The molecule has 3 heterocycles. The molecule has 0 atom stereocenters. The molecule has 6 heteroatoms. The van der Waals surface area contributed by atoms with Crippen molar-refractivity contribution in [3.05, 3.63) is 77.4 Å². The van der Waals surface area contributed by atoms with Gasteiger partial charge in [-0.2, -0.15) is 0 Å². The summed E-state index contributed by atoms with van der Waals surface area (Å²) in [4.78, 5) is 12.0. The average Bonchev–Trinajstić information content (AvgIpc) is 3.14. The molecule has 0 aliphatic carbocycles. The number of hydrogen-bond acceptors (Lipinski definition) is 4. The van der Waals surface area contributed by atoms with Gasteiger partial charge < -0.3 is 4.74 Å². The molecule has 1 aromatic carbocycles. The number of halogens is 1. The minimum Gasteiger partial charge on any atom is -0.379 e. The SMILES string of the molecule is C=Cc1c(/C=C\C)nc(-c2ccc(CN3CCOCC3)nc2)n1-c1ccc(Cl)cc1. The molecule has 0 saturated carbocycles. The fraction of sp³-hybridized carbons (Fsp3) is 0.250. The predicted molar refractivity (Wildman–Crippen MR) is 123 cm³/mol. The van der Waals surface area contributed by atoms with Gasteiger partial charge in [0, 0.05) is 42.1 Å². The minimum atomic E-state index is 0.698. The lowest BCUT2D eigenvalue weighted by Crippen LogP contribution is -2.35. The number of benzene rings is 1. The molecule has 0 bridgehead atoms. The molecule has 0 radical (unpaired) electrons. The predicted octanol–water partition coefficient (Wildman–Crippen LogP) is 5.10. The summed E-state index contributed by atoms with van der Waals surface area (Å²) in [5.41, 5.74) is 4.78. The Labute approximate surface area is 182 Å². The first-order valence-electron chi connectivity index (χ1n) is 10.1. The van der Waals surface area contributed by atoms with E-state index in [1.54, 1.807) is 0 Å². The van der Waals surface area contributed by atoms with Crippen LogP contribution in [0.15, 0.2) is 55.3 Å². The van der Waals surface area contributed by atoms with E-state index in [1.807, 2.05) is 55.6 Å². The van der Waals surface area contributed by atoms with Gasteiger partial charge in [-0.1, -0.05) is 24.3 Å². The molecule has 1 saturated heterocycles.